The highest BCUT2D eigenvalue weighted by atomic mass is 16.5. The number of hydrogen-bond acceptors (Lipinski definition) is 1. The van der Waals surface area contributed by atoms with Gasteiger partial charge in [0.05, 0.1) is 12.2 Å². The van der Waals surface area contributed by atoms with Crippen LogP contribution in [0.25, 0.3) is 0 Å². The van der Waals surface area contributed by atoms with Crippen molar-refractivity contribution < 1.29 is 4.74 Å². The largest absolute Gasteiger partial charge is 0.375 e. The van der Waals surface area contributed by atoms with E-state index in [1.807, 2.05) is 0 Å². The first-order chi connectivity index (χ1) is 27.0. The molecule has 0 amide bonds. The van der Waals surface area contributed by atoms with Gasteiger partial charge in [-0.2, -0.15) is 0 Å². The molecule has 4 aliphatic carbocycles. The first-order valence-corrected chi connectivity index (χ1v) is 26.7. The standard InChI is InChI=1S/C54H102O/c1-5-7-9-11-13-15-17-23-47-27-31-51(32-28-47)43-45(3)21-19-25-49-35-39-53(40-36-49)55-54-41-37-50(38-42-54)26-20-22-46(4)44-52-33-29-48(30-34-52)24-18-16-14-12-10-8-6-2/h45-54H,5-44H2,1-4H3. The maximum absolute atomic E-state index is 6.79. The molecule has 324 valence electrons. The van der Waals surface area contributed by atoms with Crippen LogP contribution in [0.5, 0.6) is 0 Å². The molecule has 4 saturated carbocycles. The minimum Gasteiger partial charge on any atom is -0.375 e. The van der Waals surface area contributed by atoms with E-state index in [1.54, 1.807) is 25.7 Å². The summed E-state index contributed by atoms with van der Waals surface area (Å²) in [5.41, 5.74) is 0. The quantitative estimate of drug-likeness (QED) is 0.0662. The second kappa shape index (κ2) is 30.1. The molecule has 4 fully saturated rings. The molecule has 0 heterocycles. The van der Waals surface area contributed by atoms with Crippen molar-refractivity contribution in [3.8, 4) is 0 Å². The van der Waals surface area contributed by atoms with Crippen LogP contribution in [-0.4, -0.2) is 12.2 Å². The fourth-order valence-corrected chi connectivity index (χ4v) is 12.6. The van der Waals surface area contributed by atoms with Gasteiger partial charge in [0.25, 0.3) is 0 Å². The monoisotopic (exact) mass is 767 g/mol. The predicted octanol–water partition coefficient (Wildman–Crippen LogP) is 18.4. The van der Waals surface area contributed by atoms with Crippen molar-refractivity contribution in [2.24, 2.45) is 47.3 Å². The highest BCUT2D eigenvalue weighted by Crippen LogP contribution is 2.39. The molecular weight excluding hydrogens is 665 g/mol. The number of hydrogen-bond donors (Lipinski definition) is 0. The van der Waals surface area contributed by atoms with Gasteiger partial charge in [-0.15, -0.1) is 0 Å². The third kappa shape index (κ3) is 21.7. The third-order valence-electron chi connectivity index (χ3n) is 16.4. The lowest BCUT2D eigenvalue weighted by molar-refractivity contribution is -0.0573. The van der Waals surface area contributed by atoms with E-state index in [9.17, 15) is 0 Å². The number of ether oxygens (including phenoxy) is 1. The summed E-state index contributed by atoms with van der Waals surface area (Å²) in [6, 6.07) is 0. The van der Waals surface area contributed by atoms with Gasteiger partial charge >= 0.3 is 0 Å². The number of unbranched alkanes of at least 4 members (excludes halogenated alkanes) is 12. The Labute approximate surface area is 347 Å². The molecule has 55 heavy (non-hydrogen) atoms. The first kappa shape index (κ1) is 47.6. The van der Waals surface area contributed by atoms with E-state index in [2.05, 4.69) is 27.7 Å². The maximum atomic E-state index is 6.79. The molecule has 2 atom stereocenters. The lowest BCUT2D eigenvalue weighted by atomic mass is 9.76. The molecule has 1 heteroatoms. The van der Waals surface area contributed by atoms with E-state index in [1.165, 1.54) is 231 Å². The molecule has 0 aliphatic heterocycles. The third-order valence-corrected chi connectivity index (χ3v) is 16.4. The second-order valence-electron chi connectivity index (χ2n) is 21.6. The molecule has 4 aliphatic rings. The van der Waals surface area contributed by atoms with E-state index in [4.69, 9.17) is 4.74 Å². The van der Waals surface area contributed by atoms with Gasteiger partial charge in [0.1, 0.15) is 0 Å². The van der Waals surface area contributed by atoms with E-state index >= 15 is 0 Å². The summed E-state index contributed by atoms with van der Waals surface area (Å²) in [5.74, 6) is 8.08. The van der Waals surface area contributed by atoms with Crippen LogP contribution in [0.1, 0.15) is 285 Å². The van der Waals surface area contributed by atoms with Crippen LogP contribution in [0.15, 0.2) is 0 Å². The summed E-state index contributed by atoms with van der Waals surface area (Å²) in [4.78, 5) is 0. The van der Waals surface area contributed by atoms with E-state index in [-0.39, 0.29) is 0 Å². The van der Waals surface area contributed by atoms with Crippen molar-refractivity contribution in [2.75, 3.05) is 0 Å². The summed E-state index contributed by atoms with van der Waals surface area (Å²) in [7, 11) is 0. The fourth-order valence-electron chi connectivity index (χ4n) is 12.6. The van der Waals surface area contributed by atoms with Crippen molar-refractivity contribution in [1.29, 1.82) is 0 Å². The predicted molar refractivity (Wildman–Crippen MR) is 244 cm³/mol. The smallest absolute Gasteiger partial charge is 0.0579 e. The van der Waals surface area contributed by atoms with E-state index in [0.717, 1.165) is 47.3 Å². The second-order valence-corrected chi connectivity index (χ2v) is 21.6. The Morgan fingerprint density at radius 1 is 0.327 bits per heavy atom. The number of rotatable bonds is 30. The maximum Gasteiger partial charge on any atom is 0.0579 e. The molecule has 2 unspecified atom stereocenters. The summed E-state index contributed by atoms with van der Waals surface area (Å²) >= 11 is 0. The highest BCUT2D eigenvalue weighted by molar-refractivity contribution is 4.80. The minimum atomic E-state index is 0.578. The summed E-state index contributed by atoms with van der Waals surface area (Å²) in [6.45, 7) is 9.81. The van der Waals surface area contributed by atoms with Crippen molar-refractivity contribution in [3.63, 3.8) is 0 Å². The van der Waals surface area contributed by atoms with Crippen LogP contribution in [0, 0.1) is 47.3 Å². The van der Waals surface area contributed by atoms with Crippen LogP contribution in [0.3, 0.4) is 0 Å². The Bertz CT molecular complexity index is 778. The Kier molecular flexibility index (Phi) is 26.0. The Morgan fingerprint density at radius 2 is 0.600 bits per heavy atom. The lowest BCUT2D eigenvalue weighted by Crippen LogP contribution is -2.29. The van der Waals surface area contributed by atoms with Gasteiger partial charge in [0, 0.05) is 0 Å². The topological polar surface area (TPSA) is 9.23 Å². The molecule has 0 N–H and O–H groups in total. The Hall–Kier alpha value is -0.0400. The summed E-state index contributed by atoms with van der Waals surface area (Å²) in [5, 5.41) is 0. The molecule has 0 radical (unpaired) electrons. The normalized spacial score (nSPS) is 30.3. The molecular formula is C54H102O. The average Bonchev–Trinajstić information content (AvgIpc) is 3.20. The van der Waals surface area contributed by atoms with Crippen LogP contribution in [0.2, 0.25) is 0 Å². The SMILES string of the molecule is CCCCCCCCCC1CCC(CC(C)CCCC2CCC(OC3CCC(CCCC(C)CC4CCC(CCCCCCCCC)CC4)CC3)CC2)CC1. The zero-order valence-electron chi connectivity index (χ0n) is 38.5. The van der Waals surface area contributed by atoms with Gasteiger partial charge in [0.2, 0.25) is 0 Å². The molecule has 4 rings (SSSR count). The van der Waals surface area contributed by atoms with Gasteiger partial charge in [-0.05, 0) is 112 Å². The van der Waals surface area contributed by atoms with Crippen LogP contribution >= 0.6 is 0 Å². The minimum absolute atomic E-state index is 0.578. The lowest BCUT2D eigenvalue weighted by Gasteiger charge is -2.35. The average molecular weight is 767 g/mol. The van der Waals surface area contributed by atoms with Crippen LogP contribution in [-0.2, 0) is 4.74 Å². The molecule has 0 aromatic carbocycles. The highest BCUT2D eigenvalue weighted by Gasteiger charge is 2.28. The molecule has 0 saturated heterocycles. The van der Waals surface area contributed by atoms with Crippen molar-refractivity contribution in [1.82, 2.24) is 0 Å². The first-order valence-electron chi connectivity index (χ1n) is 26.7. The molecule has 1 nitrogen and oxygen atoms in total. The van der Waals surface area contributed by atoms with E-state index in [0.29, 0.717) is 12.2 Å². The van der Waals surface area contributed by atoms with Gasteiger partial charge in [-0.1, -0.05) is 220 Å². The van der Waals surface area contributed by atoms with Gasteiger partial charge < -0.3 is 4.74 Å². The zero-order valence-corrected chi connectivity index (χ0v) is 38.5. The summed E-state index contributed by atoms with van der Waals surface area (Å²) < 4.78 is 6.79. The Morgan fingerprint density at radius 3 is 0.945 bits per heavy atom. The van der Waals surface area contributed by atoms with Gasteiger partial charge in [0.15, 0.2) is 0 Å². The molecule has 0 spiro atoms. The van der Waals surface area contributed by atoms with Crippen molar-refractivity contribution in [2.45, 2.75) is 297 Å². The fraction of sp³-hybridized carbons (Fsp3) is 1.00. The summed E-state index contributed by atoms with van der Waals surface area (Å²) in [6.07, 6.45) is 60.2. The van der Waals surface area contributed by atoms with Crippen LogP contribution < -0.4 is 0 Å². The molecule has 0 aromatic heterocycles. The van der Waals surface area contributed by atoms with Gasteiger partial charge in [-0.3, -0.25) is 0 Å². The van der Waals surface area contributed by atoms with Crippen molar-refractivity contribution >= 4 is 0 Å². The van der Waals surface area contributed by atoms with Crippen LogP contribution in [0.4, 0.5) is 0 Å². The molecule has 0 bridgehead atoms. The molecule has 0 aromatic rings. The Balaban J connectivity index is 0.919. The zero-order chi connectivity index (χ0) is 38.8. The van der Waals surface area contributed by atoms with E-state index < -0.39 is 0 Å². The van der Waals surface area contributed by atoms with Gasteiger partial charge in [-0.25, -0.2) is 0 Å². The van der Waals surface area contributed by atoms with Crippen molar-refractivity contribution in [3.05, 3.63) is 0 Å².